The molecule has 1 spiro atoms. The molecule has 0 N–H and O–H groups in total. The smallest absolute Gasteiger partial charge is 0.145 e. The molecule has 1 aliphatic heterocycles. The lowest BCUT2D eigenvalue weighted by atomic mass is 9.62. The van der Waals surface area contributed by atoms with E-state index in [-0.39, 0.29) is 0 Å². The minimum atomic E-state index is -0.730. The second-order valence-corrected chi connectivity index (χ2v) is 13.1. The molecule has 0 bridgehead atoms. The van der Waals surface area contributed by atoms with Crippen LogP contribution < -0.4 is 4.74 Å². The lowest BCUT2D eigenvalue weighted by Gasteiger charge is -2.42. The molecule has 0 fully saturated rings. The highest BCUT2D eigenvalue weighted by Gasteiger charge is 2.48. The Morgan fingerprint density at radius 1 is 0.500 bits per heavy atom. The van der Waals surface area contributed by atoms with E-state index in [9.17, 15) is 0 Å². The molecule has 0 amide bonds. The predicted octanol–water partition coefficient (Wildman–Crippen LogP) is 11.6. The SMILES string of the molecule is C1=Cc2ccc(-c3nc4ccccc4n3-c3ccccc3)cc2C2(c3ccccc31)c1ccccc1Oc1cc3c(cc12)oc1ccccc13. The summed E-state index contributed by atoms with van der Waals surface area (Å²) in [5.41, 5.74) is 11.9. The standard InChI is InChI=1S/C46H28N2O2/c1-2-13-32(14-3-1)48-40-19-9-8-18-39(40)47-45(48)31-25-24-30-23-22-29-12-4-6-16-35(29)46(37(30)26-31)36-17-7-11-21-42(36)50-44-27-34-33-15-5-10-20-41(33)49-43(34)28-38(44)46/h1-28H. The van der Waals surface area contributed by atoms with Gasteiger partial charge in [-0.05, 0) is 76.9 Å². The number of aromatic nitrogens is 2. The maximum Gasteiger partial charge on any atom is 0.145 e. The molecule has 0 saturated carbocycles. The number of furan rings is 1. The maximum absolute atomic E-state index is 6.86. The zero-order valence-corrected chi connectivity index (χ0v) is 26.9. The van der Waals surface area contributed by atoms with Crippen LogP contribution >= 0.6 is 0 Å². The third kappa shape index (κ3) is 3.67. The van der Waals surface area contributed by atoms with E-state index in [2.05, 4.69) is 162 Å². The van der Waals surface area contributed by atoms with E-state index < -0.39 is 5.41 Å². The van der Waals surface area contributed by atoms with Gasteiger partial charge in [-0.25, -0.2) is 4.98 Å². The Labute approximate surface area is 288 Å². The van der Waals surface area contributed by atoms with Crippen molar-refractivity contribution in [3.8, 4) is 28.6 Å². The van der Waals surface area contributed by atoms with Crippen molar-refractivity contribution in [3.63, 3.8) is 0 Å². The van der Waals surface area contributed by atoms with Gasteiger partial charge in [0.2, 0.25) is 0 Å². The highest BCUT2D eigenvalue weighted by atomic mass is 16.5. The van der Waals surface area contributed by atoms with Crippen molar-refractivity contribution in [2.24, 2.45) is 0 Å². The van der Waals surface area contributed by atoms with E-state index in [1.54, 1.807) is 0 Å². The van der Waals surface area contributed by atoms with Crippen LogP contribution in [0.4, 0.5) is 0 Å². The van der Waals surface area contributed by atoms with Crippen LogP contribution in [0.15, 0.2) is 162 Å². The van der Waals surface area contributed by atoms with E-state index in [0.717, 1.165) is 89.4 Å². The lowest BCUT2D eigenvalue weighted by molar-refractivity contribution is 0.435. The van der Waals surface area contributed by atoms with Gasteiger partial charge in [0, 0.05) is 33.2 Å². The van der Waals surface area contributed by atoms with Crippen LogP contribution in [0, 0.1) is 0 Å². The molecular formula is C46H28N2O2. The van der Waals surface area contributed by atoms with Gasteiger partial charge >= 0.3 is 0 Å². The Bertz CT molecular complexity index is 2860. The van der Waals surface area contributed by atoms with Crippen LogP contribution in [0.25, 0.3) is 62.2 Å². The van der Waals surface area contributed by atoms with Gasteiger partial charge in [0.05, 0.1) is 16.4 Å². The summed E-state index contributed by atoms with van der Waals surface area (Å²) < 4.78 is 15.7. The molecule has 50 heavy (non-hydrogen) atoms. The highest BCUT2D eigenvalue weighted by molar-refractivity contribution is 6.06. The van der Waals surface area contributed by atoms with Gasteiger partial charge in [-0.3, -0.25) is 4.57 Å². The molecule has 7 aromatic carbocycles. The van der Waals surface area contributed by atoms with Crippen LogP contribution in [-0.4, -0.2) is 9.55 Å². The molecule has 0 radical (unpaired) electrons. The summed E-state index contributed by atoms with van der Waals surface area (Å²) in [6.45, 7) is 0. The number of benzene rings is 7. The number of para-hydroxylation sites is 5. The van der Waals surface area contributed by atoms with Gasteiger partial charge in [-0.2, -0.15) is 0 Å². The molecule has 0 saturated heterocycles. The molecular weight excluding hydrogens is 613 g/mol. The van der Waals surface area contributed by atoms with Crippen LogP contribution in [0.3, 0.4) is 0 Å². The van der Waals surface area contributed by atoms with Crippen LogP contribution in [0.2, 0.25) is 0 Å². The Morgan fingerprint density at radius 2 is 1.24 bits per heavy atom. The first-order valence-corrected chi connectivity index (χ1v) is 17.0. The molecule has 234 valence electrons. The highest BCUT2D eigenvalue weighted by Crippen LogP contribution is 2.59. The summed E-state index contributed by atoms with van der Waals surface area (Å²) in [6, 6.07) is 55.6. The summed E-state index contributed by atoms with van der Waals surface area (Å²) in [4.78, 5) is 5.27. The number of nitrogens with zero attached hydrogens (tertiary/aromatic N) is 2. The minimum Gasteiger partial charge on any atom is -0.457 e. The summed E-state index contributed by atoms with van der Waals surface area (Å²) in [7, 11) is 0. The zero-order valence-electron chi connectivity index (χ0n) is 26.9. The van der Waals surface area contributed by atoms with Gasteiger partial charge in [-0.15, -0.1) is 0 Å². The number of imidazole rings is 1. The Kier molecular flexibility index (Phi) is 5.56. The van der Waals surface area contributed by atoms with E-state index in [0.29, 0.717) is 0 Å². The molecule has 1 unspecified atom stereocenters. The van der Waals surface area contributed by atoms with Gasteiger partial charge in [0.15, 0.2) is 0 Å². The maximum atomic E-state index is 6.86. The van der Waals surface area contributed by atoms with Crippen LogP contribution in [0.5, 0.6) is 11.5 Å². The molecule has 2 aromatic heterocycles. The topological polar surface area (TPSA) is 40.2 Å². The van der Waals surface area contributed by atoms with Crippen molar-refractivity contribution in [1.29, 1.82) is 0 Å². The minimum absolute atomic E-state index is 0.730. The quantitative estimate of drug-likeness (QED) is 0.189. The average molecular weight is 641 g/mol. The zero-order chi connectivity index (χ0) is 32.8. The monoisotopic (exact) mass is 640 g/mol. The van der Waals surface area contributed by atoms with Gasteiger partial charge in [0.25, 0.3) is 0 Å². The number of hydrogen-bond acceptors (Lipinski definition) is 3. The molecule has 2 aliphatic rings. The van der Waals surface area contributed by atoms with Crippen LogP contribution in [-0.2, 0) is 5.41 Å². The number of ether oxygens (including phenoxy) is 1. The second-order valence-electron chi connectivity index (χ2n) is 13.1. The average Bonchev–Trinajstić information content (AvgIpc) is 3.70. The number of rotatable bonds is 2. The molecule has 11 rings (SSSR count). The van der Waals surface area contributed by atoms with Crippen LogP contribution in [0.1, 0.15) is 33.4 Å². The molecule has 4 nitrogen and oxygen atoms in total. The molecule has 1 atom stereocenters. The van der Waals surface area contributed by atoms with Gasteiger partial charge in [0.1, 0.15) is 28.5 Å². The first-order chi connectivity index (χ1) is 24.8. The van der Waals surface area contributed by atoms with Crippen molar-refractivity contribution >= 4 is 45.1 Å². The van der Waals surface area contributed by atoms with Crippen molar-refractivity contribution < 1.29 is 9.15 Å². The summed E-state index contributed by atoms with van der Waals surface area (Å²) in [6.07, 6.45) is 4.50. The second kappa shape index (κ2) is 10.2. The Morgan fingerprint density at radius 3 is 2.16 bits per heavy atom. The molecule has 4 heteroatoms. The fourth-order valence-electron chi connectivity index (χ4n) is 8.37. The van der Waals surface area contributed by atoms with E-state index in [1.807, 2.05) is 12.1 Å². The largest absolute Gasteiger partial charge is 0.457 e. The van der Waals surface area contributed by atoms with Gasteiger partial charge < -0.3 is 9.15 Å². The van der Waals surface area contributed by atoms with E-state index in [4.69, 9.17) is 14.1 Å². The first kappa shape index (κ1) is 27.3. The fourth-order valence-corrected chi connectivity index (χ4v) is 8.37. The van der Waals surface area contributed by atoms with Crippen molar-refractivity contribution in [2.45, 2.75) is 5.41 Å². The molecule has 1 aliphatic carbocycles. The Balaban J connectivity index is 1.28. The van der Waals surface area contributed by atoms with E-state index >= 15 is 0 Å². The third-order valence-electron chi connectivity index (χ3n) is 10.5. The summed E-state index contributed by atoms with van der Waals surface area (Å²) in [5, 5.41) is 2.12. The Hall–Kier alpha value is -6.65. The van der Waals surface area contributed by atoms with Crippen molar-refractivity contribution in [2.75, 3.05) is 0 Å². The number of hydrogen-bond donors (Lipinski definition) is 0. The molecule has 9 aromatic rings. The fraction of sp³-hybridized carbons (Fsp3) is 0.0217. The number of fused-ring (bicyclic) bond motifs is 12. The summed E-state index contributed by atoms with van der Waals surface area (Å²) >= 11 is 0. The summed E-state index contributed by atoms with van der Waals surface area (Å²) in [5.74, 6) is 2.56. The lowest BCUT2D eigenvalue weighted by Crippen LogP contribution is -2.35. The van der Waals surface area contributed by atoms with Crippen molar-refractivity contribution in [1.82, 2.24) is 9.55 Å². The normalized spacial score (nSPS) is 15.8. The van der Waals surface area contributed by atoms with Gasteiger partial charge in [-0.1, -0.05) is 115 Å². The molecule has 3 heterocycles. The van der Waals surface area contributed by atoms with Crippen molar-refractivity contribution in [3.05, 3.63) is 191 Å². The first-order valence-electron chi connectivity index (χ1n) is 17.0. The predicted molar refractivity (Wildman–Crippen MR) is 201 cm³/mol. The van der Waals surface area contributed by atoms with E-state index in [1.165, 1.54) is 5.56 Å². The third-order valence-corrected chi connectivity index (χ3v) is 10.5.